The Labute approximate surface area is 149 Å². The maximum absolute atomic E-state index is 9.28. The monoisotopic (exact) mass is 351 g/mol. The number of aliphatic hydroxyl groups excluding tert-OH is 1. The van der Waals surface area contributed by atoms with E-state index in [-0.39, 0.29) is 12.7 Å². The summed E-state index contributed by atoms with van der Waals surface area (Å²) in [5.41, 5.74) is 4.77. The van der Waals surface area contributed by atoms with Crippen molar-refractivity contribution in [3.8, 4) is 5.69 Å². The molecule has 0 amide bonds. The largest absolute Gasteiger partial charge is 0.392 e. The third-order valence-electron chi connectivity index (χ3n) is 4.16. The standard InChI is InChI=1S/C19H17N3O2S/c1-24-18(19-20-7-8-25-19)14-3-2-4-15(10-14)22-12-21-16-9-13(11-23)5-6-17(16)22/h2-10,12,18,23H,11H2,1H3. The molecule has 0 aliphatic heterocycles. The smallest absolute Gasteiger partial charge is 0.134 e. The fraction of sp³-hybridized carbons (Fsp3) is 0.158. The second-order valence-electron chi connectivity index (χ2n) is 5.68. The molecular formula is C19H17N3O2S. The van der Waals surface area contributed by atoms with Crippen LogP contribution < -0.4 is 0 Å². The third kappa shape index (κ3) is 2.95. The first kappa shape index (κ1) is 16.0. The number of aromatic nitrogens is 3. The normalized spacial score (nSPS) is 12.6. The zero-order chi connectivity index (χ0) is 17.2. The number of fused-ring (bicyclic) bond motifs is 1. The van der Waals surface area contributed by atoms with Gasteiger partial charge in [-0.1, -0.05) is 18.2 Å². The van der Waals surface area contributed by atoms with Gasteiger partial charge in [0.1, 0.15) is 17.4 Å². The van der Waals surface area contributed by atoms with Crippen molar-refractivity contribution in [2.75, 3.05) is 7.11 Å². The Morgan fingerprint density at radius 3 is 2.88 bits per heavy atom. The van der Waals surface area contributed by atoms with Gasteiger partial charge >= 0.3 is 0 Å². The van der Waals surface area contributed by atoms with Crippen LogP contribution in [0.15, 0.2) is 60.4 Å². The van der Waals surface area contributed by atoms with E-state index >= 15 is 0 Å². The number of hydrogen-bond donors (Lipinski definition) is 1. The highest BCUT2D eigenvalue weighted by Gasteiger charge is 2.17. The van der Waals surface area contributed by atoms with Gasteiger partial charge < -0.3 is 9.84 Å². The molecule has 0 bridgehead atoms. The molecule has 0 fully saturated rings. The summed E-state index contributed by atoms with van der Waals surface area (Å²) in [6.45, 7) is 0.0155. The van der Waals surface area contributed by atoms with Crippen LogP contribution in [0.4, 0.5) is 0 Å². The maximum Gasteiger partial charge on any atom is 0.134 e. The van der Waals surface area contributed by atoms with Gasteiger partial charge in [0, 0.05) is 24.4 Å². The van der Waals surface area contributed by atoms with E-state index in [2.05, 4.69) is 16.0 Å². The summed E-state index contributed by atoms with van der Waals surface area (Å²) >= 11 is 1.58. The summed E-state index contributed by atoms with van der Waals surface area (Å²) in [4.78, 5) is 8.83. The third-order valence-corrected chi connectivity index (χ3v) is 4.98. The molecule has 0 spiro atoms. The molecule has 5 nitrogen and oxygen atoms in total. The summed E-state index contributed by atoms with van der Waals surface area (Å²) < 4.78 is 7.70. The Kier molecular flexibility index (Phi) is 4.31. The van der Waals surface area contributed by atoms with E-state index in [0.717, 1.165) is 32.9 Å². The zero-order valence-corrected chi connectivity index (χ0v) is 14.5. The molecule has 4 rings (SSSR count). The van der Waals surface area contributed by atoms with Crippen LogP contribution in [0.2, 0.25) is 0 Å². The molecule has 4 aromatic rings. The van der Waals surface area contributed by atoms with Crippen LogP contribution in [-0.2, 0) is 11.3 Å². The Bertz CT molecular complexity index is 995. The fourth-order valence-corrected chi connectivity index (χ4v) is 3.68. The number of rotatable bonds is 5. The number of nitrogens with zero attached hydrogens (tertiary/aromatic N) is 3. The minimum atomic E-state index is -0.185. The molecule has 6 heteroatoms. The van der Waals surface area contributed by atoms with Gasteiger partial charge in [-0.05, 0) is 35.4 Å². The summed E-state index contributed by atoms with van der Waals surface area (Å²) in [5.74, 6) is 0. The lowest BCUT2D eigenvalue weighted by molar-refractivity contribution is 0.136. The van der Waals surface area contributed by atoms with Gasteiger partial charge in [0.25, 0.3) is 0 Å². The molecule has 126 valence electrons. The minimum Gasteiger partial charge on any atom is -0.392 e. The number of methoxy groups -OCH3 is 1. The van der Waals surface area contributed by atoms with Crippen molar-refractivity contribution < 1.29 is 9.84 Å². The average molecular weight is 351 g/mol. The van der Waals surface area contributed by atoms with Gasteiger partial charge in [0.15, 0.2) is 0 Å². The van der Waals surface area contributed by atoms with Gasteiger partial charge in [0.05, 0.1) is 17.6 Å². The number of benzene rings is 2. The van der Waals surface area contributed by atoms with E-state index in [1.54, 1.807) is 31.0 Å². The van der Waals surface area contributed by atoms with Gasteiger partial charge in [-0.25, -0.2) is 9.97 Å². The van der Waals surface area contributed by atoms with Crippen molar-refractivity contribution in [1.29, 1.82) is 0 Å². The number of imidazole rings is 1. The van der Waals surface area contributed by atoms with Crippen molar-refractivity contribution in [2.24, 2.45) is 0 Å². The maximum atomic E-state index is 9.28. The lowest BCUT2D eigenvalue weighted by Crippen LogP contribution is -2.04. The molecule has 0 aliphatic rings. The fourth-order valence-electron chi connectivity index (χ4n) is 2.94. The van der Waals surface area contributed by atoms with Crippen molar-refractivity contribution in [2.45, 2.75) is 12.7 Å². The minimum absolute atomic E-state index is 0.0155. The van der Waals surface area contributed by atoms with Gasteiger partial charge in [-0.3, -0.25) is 4.57 Å². The zero-order valence-electron chi connectivity index (χ0n) is 13.7. The summed E-state index contributed by atoms with van der Waals surface area (Å²) in [5, 5.41) is 12.2. The Hall–Kier alpha value is -2.54. The van der Waals surface area contributed by atoms with Crippen LogP contribution >= 0.6 is 11.3 Å². The van der Waals surface area contributed by atoms with E-state index in [1.807, 2.05) is 46.3 Å². The first-order valence-corrected chi connectivity index (χ1v) is 8.77. The molecule has 2 heterocycles. The first-order valence-electron chi connectivity index (χ1n) is 7.89. The molecule has 2 aromatic heterocycles. The molecular weight excluding hydrogens is 334 g/mol. The van der Waals surface area contributed by atoms with E-state index in [1.165, 1.54) is 0 Å². The van der Waals surface area contributed by atoms with Crippen LogP contribution in [0.5, 0.6) is 0 Å². The second kappa shape index (κ2) is 6.76. The van der Waals surface area contributed by atoms with Gasteiger partial charge in [-0.15, -0.1) is 11.3 Å². The first-order chi connectivity index (χ1) is 12.3. The van der Waals surface area contributed by atoms with Crippen LogP contribution in [0, 0.1) is 0 Å². The highest BCUT2D eigenvalue weighted by molar-refractivity contribution is 7.09. The summed E-state index contributed by atoms with van der Waals surface area (Å²) in [6, 6.07) is 14.0. The number of aliphatic hydroxyl groups is 1. The topological polar surface area (TPSA) is 60.2 Å². The number of ether oxygens (including phenoxy) is 1. The lowest BCUT2D eigenvalue weighted by Gasteiger charge is -2.15. The average Bonchev–Trinajstić information content (AvgIpc) is 3.32. The predicted octanol–water partition coefficient (Wildman–Crippen LogP) is 3.71. The van der Waals surface area contributed by atoms with Gasteiger partial charge in [-0.2, -0.15) is 0 Å². The van der Waals surface area contributed by atoms with Crippen molar-refractivity contribution in [1.82, 2.24) is 14.5 Å². The quantitative estimate of drug-likeness (QED) is 0.595. The highest BCUT2D eigenvalue weighted by atomic mass is 32.1. The number of hydrogen-bond acceptors (Lipinski definition) is 5. The van der Waals surface area contributed by atoms with Crippen molar-refractivity contribution >= 4 is 22.4 Å². The second-order valence-corrected chi connectivity index (χ2v) is 6.60. The Morgan fingerprint density at radius 2 is 2.12 bits per heavy atom. The van der Waals surface area contributed by atoms with E-state index < -0.39 is 0 Å². The van der Waals surface area contributed by atoms with Crippen LogP contribution in [0.3, 0.4) is 0 Å². The molecule has 0 aliphatic carbocycles. The summed E-state index contributed by atoms with van der Waals surface area (Å²) in [7, 11) is 1.70. The molecule has 1 unspecified atom stereocenters. The molecule has 0 saturated carbocycles. The van der Waals surface area contributed by atoms with Gasteiger partial charge in [0.2, 0.25) is 0 Å². The molecule has 25 heavy (non-hydrogen) atoms. The van der Waals surface area contributed by atoms with Crippen LogP contribution in [0.1, 0.15) is 22.2 Å². The highest BCUT2D eigenvalue weighted by Crippen LogP contribution is 2.29. The molecule has 0 radical (unpaired) electrons. The predicted molar refractivity (Wildman–Crippen MR) is 98.0 cm³/mol. The summed E-state index contributed by atoms with van der Waals surface area (Å²) in [6.07, 6.45) is 3.41. The van der Waals surface area contributed by atoms with E-state index in [0.29, 0.717) is 0 Å². The Morgan fingerprint density at radius 1 is 1.20 bits per heavy atom. The molecule has 1 N–H and O–H groups in total. The number of thiazole rings is 1. The van der Waals surface area contributed by atoms with Crippen molar-refractivity contribution in [3.05, 3.63) is 76.5 Å². The molecule has 1 atom stereocenters. The van der Waals surface area contributed by atoms with Crippen LogP contribution in [0.25, 0.3) is 16.7 Å². The van der Waals surface area contributed by atoms with E-state index in [4.69, 9.17) is 4.74 Å². The SMILES string of the molecule is COC(c1cccc(-n2cnc3cc(CO)ccc32)c1)c1nccs1. The van der Waals surface area contributed by atoms with Crippen molar-refractivity contribution in [3.63, 3.8) is 0 Å². The molecule has 0 saturated heterocycles. The lowest BCUT2D eigenvalue weighted by atomic mass is 10.1. The van der Waals surface area contributed by atoms with Crippen LogP contribution in [-0.4, -0.2) is 26.8 Å². The van der Waals surface area contributed by atoms with E-state index in [9.17, 15) is 5.11 Å². The molecule has 2 aromatic carbocycles. The Balaban J connectivity index is 1.77.